The average molecular weight is 343 g/mol. The first-order valence-corrected chi connectivity index (χ1v) is 8.32. The number of ether oxygens (including phenoxy) is 1. The molecule has 24 heavy (non-hydrogen) atoms. The highest BCUT2D eigenvalue weighted by Gasteiger charge is 2.15. The molecule has 0 unspecified atom stereocenters. The van der Waals surface area contributed by atoms with Crippen molar-refractivity contribution in [3.63, 3.8) is 0 Å². The number of carbonyl (C=O) groups is 1. The minimum absolute atomic E-state index is 0.331. The van der Waals surface area contributed by atoms with Crippen LogP contribution in [-0.4, -0.2) is 27.8 Å². The molecule has 0 radical (unpaired) electrons. The molecule has 0 N–H and O–H groups in total. The molecule has 2 aromatic heterocycles. The molecule has 3 rings (SSSR count). The standard InChI is InChI=1S/C17H17N3O3S/c1-11-14(8-9-23-11)15-18-19-17(20(15)2)24-10-12-4-6-13(7-5-12)16(21)22-3/h4-9H,10H2,1-3H3. The van der Waals surface area contributed by atoms with Gasteiger partial charge in [-0.25, -0.2) is 4.79 Å². The summed E-state index contributed by atoms with van der Waals surface area (Å²) >= 11 is 1.59. The Hall–Kier alpha value is -2.54. The van der Waals surface area contributed by atoms with Crippen LogP contribution in [0.4, 0.5) is 0 Å². The van der Waals surface area contributed by atoms with Gasteiger partial charge in [-0.3, -0.25) is 0 Å². The maximum Gasteiger partial charge on any atom is 0.337 e. The van der Waals surface area contributed by atoms with Crippen molar-refractivity contribution in [2.75, 3.05) is 7.11 Å². The van der Waals surface area contributed by atoms with E-state index in [-0.39, 0.29) is 5.97 Å². The molecule has 7 heteroatoms. The van der Waals surface area contributed by atoms with Gasteiger partial charge >= 0.3 is 5.97 Å². The third-order valence-electron chi connectivity index (χ3n) is 3.68. The normalized spacial score (nSPS) is 10.8. The third kappa shape index (κ3) is 3.21. The van der Waals surface area contributed by atoms with Gasteiger partial charge in [0.2, 0.25) is 0 Å². The molecule has 124 valence electrons. The molecular formula is C17H17N3O3S. The predicted octanol–water partition coefficient (Wildman–Crippen LogP) is 3.46. The molecule has 0 saturated heterocycles. The highest BCUT2D eigenvalue weighted by molar-refractivity contribution is 7.98. The van der Waals surface area contributed by atoms with E-state index in [1.807, 2.05) is 36.7 Å². The van der Waals surface area contributed by atoms with Gasteiger partial charge in [-0.1, -0.05) is 23.9 Å². The first-order valence-electron chi connectivity index (χ1n) is 7.34. The van der Waals surface area contributed by atoms with E-state index in [0.717, 1.165) is 33.6 Å². The summed E-state index contributed by atoms with van der Waals surface area (Å²) in [4.78, 5) is 11.4. The fourth-order valence-electron chi connectivity index (χ4n) is 2.29. The number of thioether (sulfide) groups is 1. The fraction of sp³-hybridized carbons (Fsp3) is 0.235. The summed E-state index contributed by atoms with van der Waals surface area (Å²) in [6, 6.07) is 9.24. The van der Waals surface area contributed by atoms with Gasteiger partial charge in [0.15, 0.2) is 11.0 Å². The number of rotatable bonds is 5. The number of esters is 1. The third-order valence-corrected chi connectivity index (χ3v) is 4.77. The maximum absolute atomic E-state index is 11.4. The Morgan fingerprint density at radius 2 is 2.00 bits per heavy atom. The number of methoxy groups -OCH3 is 1. The molecule has 0 aliphatic rings. The molecule has 0 saturated carbocycles. The Kier molecular flexibility index (Phi) is 4.71. The Bertz CT molecular complexity index is 852. The number of carbonyl (C=O) groups excluding carboxylic acids is 1. The minimum atomic E-state index is -0.331. The first kappa shape index (κ1) is 16.3. The quantitative estimate of drug-likeness (QED) is 0.522. The zero-order valence-corrected chi connectivity index (χ0v) is 14.5. The molecule has 0 atom stereocenters. The highest BCUT2D eigenvalue weighted by atomic mass is 32.2. The second-order valence-corrected chi connectivity index (χ2v) is 6.18. The average Bonchev–Trinajstić information content (AvgIpc) is 3.18. The molecule has 0 aliphatic carbocycles. The lowest BCUT2D eigenvalue weighted by molar-refractivity contribution is 0.0600. The van der Waals surface area contributed by atoms with Crippen molar-refractivity contribution in [1.82, 2.24) is 14.8 Å². The lowest BCUT2D eigenvalue weighted by Crippen LogP contribution is -2.00. The van der Waals surface area contributed by atoms with Crippen LogP contribution in [0.1, 0.15) is 21.7 Å². The van der Waals surface area contributed by atoms with Crippen molar-refractivity contribution in [3.05, 3.63) is 53.5 Å². The van der Waals surface area contributed by atoms with Crippen LogP contribution in [0.5, 0.6) is 0 Å². The molecule has 6 nitrogen and oxygen atoms in total. The molecule has 0 amide bonds. The summed E-state index contributed by atoms with van der Waals surface area (Å²) in [5.41, 5.74) is 2.58. The van der Waals surface area contributed by atoms with Crippen molar-refractivity contribution in [3.8, 4) is 11.4 Å². The van der Waals surface area contributed by atoms with Crippen LogP contribution >= 0.6 is 11.8 Å². The lowest BCUT2D eigenvalue weighted by atomic mass is 10.1. The van der Waals surface area contributed by atoms with Crippen LogP contribution in [0.25, 0.3) is 11.4 Å². The van der Waals surface area contributed by atoms with Crippen molar-refractivity contribution in [1.29, 1.82) is 0 Å². The van der Waals surface area contributed by atoms with Gasteiger partial charge in [0.05, 0.1) is 24.5 Å². The van der Waals surface area contributed by atoms with Gasteiger partial charge in [-0.2, -0.15) is 0 Å². The van der Waals surface area contributed by atoms with Crippen LogP contribution in [0.3, 0.4) is 0 Å². The fourth-order valence-corrected chi connectivity index (χ4v) is 3.16. The lowest BCUT2D eigenvalue weighted by Gasteiger charge is -2.04. The summed E-state index contributed by atoms with van der Waals surface area (Å²) < 4.78 is 12.0. The van der Waals surface area contributed by atoms with E-state index in [1.165, 1.54) is 7.11 Å². The minimum Gasteiger partial charge on any atom is -0.469 e. The first-order chi connectivity index (χ1) is 11.6. The van der Waals surface area contributed by atoms with Crippen LogP contribution in [0.15, 0.2) is 46.2 Å². The SMILES string of the molecule is COC(=O)c1ccc(CSc2nnc(-c3ccoc3C)n2C)cc1. The zero-order valence-electron chi connectivity index (χ0n) is 13.6. The molecule has 2 heterocycles. The predicted molar refractivity (Wildman–Crippen MR) is 90.8 cm³/mol. The van der Waals surface area contributed by atoms with E-state index >= 15 is 0 Å². The van der Waals surface area contributed by atoms with Crippen molar-refractivity contribution in [2.24, 2.45) is 7.05 Å². The van der Waals surface area contributed by atoms with E-state index in [1.54, 1.807) is 30.2 Å². The van der Waals surface area contributed by atoms with Gasteiger partial charge in [-0.15, -0.1) is 10.2 Å². The number of hydrogen-bond acceptors (Lipinski definition) is 6. The number of furan rings is 1. The van der Waals surface area contributed by atoms with Gasteiger partial charge < -0.3 is 13.7 Å². The van der Waals surface area contributed by atoms with E-state index in [9.17, 15) is 4.79 Å². The molecule has 1 aromatic carbocycles. The number of benzene rings is 1. The Balaban J connectivity index is 1.70. The van der Waals surface area contributed by atoms with Crippen LogP contribution in [0, 0.1) is 6.92 Å². The topological polar surface area (TPSA) is 70.2 Å². The van der Waals surface area contributed by atoms with E-state index < -0.39 is 0 Å². The number of nitrogens with zero attached hydrogens (tertiary/aromatic N) is 3. The highest BCUT2D eigenvalue weighted by Crippen LogP contribution is 2.27. The number of aromatic nitrogens is 3. The Morgan fingerprint density at radius 3 is 2.62 bits per heavy atom. The molecule has 0 aliphatic heterocycles. The van der Waals surface area contributed by atoms with Gasteiger partial charge in [0.25, 0.3) is 0 Å². The summed E-state index contributed by atoms with van der Waals surface area (Å²) in [7, 11) is 3.31. The van der Waals surface area contributed by atoms with Crippen LogP contribution < -0.4 is 0 Å². The Morgan fingerprint density at radius 1 is 1.25 bits per heavy atom. The smallest absolute Gasteiger partial charge is 0.337 e. The molecule has 3 aromatic rings. The zero-order chi connectivity index (χ0) is 17.1. The number of aryl methyl sites for hydroxylation is 1. The van der Waals surface area contributed by atoms with Gasteiger partial charge in [0, 0.05) is 12.8 Å². The maximum atomic E-state index is 11.4. The van der Waals surface area contributed by atoms with E-state index in [0.29, 0.717) is 5.56 Å². The largest absolute Gasteiger partial charge is 0.469 e. The van der Waals surface area contributed by atoms with Crippen molar-refractivity contribution < 1.29 is 13.9 Å². The molecule has 0 spiro atoms. The van der Waals surface area contributed by atoms with Gasteiger partial charge in [0.1, 0.15) is 5.76 Å². The summed E-state index contributed by atoms with van der Waals surface area (Å²) in [5.74, 6) is 2.01. The second-order valence-electron chi connectivity index (χ2n) is 5.23. The van der Waals surface area contributed by atoms with E-state index in [4.69, 9.17) is 9.15 Å². The summed E-state index contributed by atoms with van der Waals surface area (Å²) in [6.45, 7) is 1.90. The summed E-state index contributed by atoms with van der Waals surface area (Å²) in [6.07, 6.45) is 1.65. The molecular weight excluding hydrogens is 326 g/mol. The second kappa shape index (κ2) is 6.92. The summed E-state index contributed by atoms with van der Waals surface area (Å²) in [5, 5.41) is 9.32. The van der Waals surface area contributed by atoms with Crippen LogP contribution in [0.2, 0.25) is 0 Å². The monoisotopic (exact) mass is 343 g/mol. The van der Waals surface area contributed by atoms with Crippen molar-refractivity contribution in [2.45, 2.75) is 17.8 Å². The van der Waals surface area contributed by atoms with Crippen LogP contribution in [-0.2, 0) is 17.5 Å². The van der Waals surface area contributed by atoms with E-state index in [2.05, 4.69) is 10.2 Å². The Labute approximate surface area is 143 Å². The molecule has 0 fully saturated rings. The van der Waals surface area contributed by atoms with Gasteiger partial charge in [-0.05, 0) is 30.7 Å². The molecule has 0 bridgehead atoms. The van der Waals surface area contributed by atoms with Crippen molar-refractivity contribution >= 4 is 17.7 Å². The number of hydrogen-bond donors (Lipinski definition) is 0.